The van der Waals surface area contributed by atoms with Crippen LogP contribution in [-0.4, -0.2) is 17.4 Å². The first-order valence-corrected chi connectivity index (χ1v) is 7.11. The van der Waals surface area contributed by atoms with Crippen LogP contribution in [-0.2, 0) is 11.2 Å². The zero-order chi connectivity index (χ0) is 14.0. The molecule has 0 saturated heterocycles. The maximum Gasteiger partial charge on any atom is 0.239 e. The third-order valence-electron chi connectivity index (χ3n) is 4.08. The van der Waals surface area contributed by atoms with Crippen molar-refractivity contribution in [3.8, 4) is 0 Å². The quantitative estimate of drug-likeness (QED) is 0.863. The number of nitrogens with zero attached hydrogens (tertiary/aromatic N) is 1. The van der Waals surface area contributed by atoms with E-state index in [2.05, 4.69) is 6.07 Å². The van der Waals surface area contributed by atoms with Crippen molar-refractivity contribution in [2.45, 2.75) is 33.1 Å². The fourth-order valence-corrected chi connectivity index (χ4v) is 2.70. The monoisotopic (exact) mass is 276 g/mol. The highest BCUT2D eigenvalue weighted by Gasteiger charge is 2.39. The Hall–Kier alpha value is -1.42. The molecule has 0 spiro atoms. The predicted molar refractivity (Wildman–Crippen MR) is 82.3 cm³/mol. The smallest absolute Gasteiger partial charge is 0.239 e. The fraction of sp³-hybridized carbons (Fsp3) is 0.467. The summed E-state index contributed by atoms with van der Waals surface area (Å²) >= 11 is 5.10. The number of anilines is 1. The molecule has 1 atom stereocenters. The SMILES string of the molecule is CCC(C)(C(=O)N1CCCc2ccccc21)C(N)=S. The molecule has 4 heteroatoms. The second-order valence-electron chi connectivity index (χ2n) is 5.24. The molecule has 1 unspecified atom stereocenters. The molecule has 1 aromatic rings. The van der Waals surface area contributed by atoms with Gasteiger partial charge in [-0.2, -0.15) is 0 Å². The van der Waals surface area contributed by atoms with Gasteiger partial charge in [-0.25, -0.2) is 0 Å². The van der Waals surface area contributed by atoms with Crippen LogP contribution in [0.5, 0.6) is 0 Å². The minimum atomic E-state index is -0.750. The molecular formula is C15H20N2OS. The first kappa shape index (κ1) is 14.0. The molecule has 102 valence electrons. The molecule has 2 rings (SSSR count). The van der Waals surface area contributed by atoms with E-state index in [-0.39, 0.29) is 10.9 Å². The summed E-state index contributed by atoms with van der Waals surface area (Å²) in [4.78, 5) is 14.9. The van der Waals surface area contributed by atoms with E-state index in [9.17, 15) is 4.79 Å². The van der Waals surface area contributed by atoms with E-state index in [1.807, 2.05) is 36.9 Å². The Balaban J connectivity index is 2.38. The van der Waals surface area contributed by atoms with E-state index in [4.69, 9.17) is 18.0 Å². The van der Waals surface area contributed by atoms with Gasteiger partial charge >= 0.3 is 0 Å². The van der Waals surface area contributed by atoms with Crippen LogP contribution in [0, 0.1) is 5.41 Å². The van der Waals surface area contributed by atoms with Crippen molar-refractivity contribution >= 4 is 28.8 Å². The minimum absolute atomic E-state index is 0.0228. The van der Waals surface area contributed by atoms with Crippen molar-refractivity contribution < 1.29 is 4.79 Å². The Bertz CT molecular complexity index is 515. The molecule has 19 heavy (non-hydrogen) atoms. The molecular weight excluding hydrogens is 256 g/mol. The van der Waals surface area contributed by atoms with Crippen LogP contribution in [0.25, 0.3) is 0 Å². The van der Waals surface area contributed by atoms with Crippen molar-refractivity contribution in [1.82, 2.24) is 0 Å². The zero-order valence-electron chi connectivity index (χ0n) is 11.5. The topological polar surface area (TPSA) is 46.3 Å². The lowest BCUT2D eigenvalue weighted by Crippen LogP contribution is -2.50. The van der Waals surface area contributed by atoms with Crippen LogP contribution < -0.4 is 10.6 Å². The van der Waals surface area contributed by atoms with Gasteiger partial charge in [-0.15, -0.1) is 0 Å². The summed E-state index contributed by atoms with van der Waals surface area (Å²) in [5.74, 6) is 0.0228. The molecule has 0 fully saturated rings. The Morgan fingerprint density at radius 3 is 2.79 bits per heavy atom. The van der Waals surface area contributed by atoms with Crippen molar-refractivity contribution in [2.24, 2.45) is 11.1 Å². The standard InChI is InChI=1S/C15H20N2OS/c1-3-15(2,13(16)19)14(18)17-10-6-8-11-7-4-5-9-12(11)17/h4-5,7,9H,3,6,8,10H2,1-2H3,(H2,16,19). The molecule has 0 bridgehead atoms. The summed E-state index contributed by atoms with van der Waals surface area (Å²) in [6, 6.07) is 8.06. The van der Waals surface area contributed by atoms with Crippen molar-refractivity contribution in [2.75, 3.05) is 11.4 Å². The lowest BCUT2D eigenvalue weighted by atomic mass is 9.84. The Morgan fingerprint density at radius 1 is 1.47 bits per heavy atom. The fourth-order valence-electron chi connectivity index (χ4n) is 2.47. The van der Waals surface area contributed by atoms with E-state index in [1.165, 1.54) is 5.56 Å². The van der Waals surface area contributed by atoms with Gasteiger partial charge in [-0.1, -0.05) is 37.3 Å². The number of benzene rings is 1. The van der Waals surface area contributed by atoms with E-state index in [0.29, 0.717) is 6.42 Å². The third kappa shape index (κ3) is 2.37. The second kappa shape index (κ2) is 5.29. The molecule has 1 aliphatic heterocycles. The third-order valence-corrected chi connectivity index (χ3v) is 4.53. The summed E-state index contributed by atoms with van der Waals surface area (Å²) in [5, 5.41) is 0. The van der Waals surface area contributed by atoms with E-state index in [0.717, 1.165) is 25.1 Å². The molecule has 0 aliphatic carbocycles. The molecule has 0 radical (unpaired) electrons. The largest absolute Gasteiger partial charge is 0.392 e. The first-order chi connectivity index (χ1) is 9.00. The first-order valence-electron chi connectivity index (χ1n) is 6.70. The minimum Gasteiger partial charge on any atom is -0.392 e. The number of para-hydroxylation sites is 1. The van der Waals surface area contributed by atoms with Crippen LogP contribution in [0.1, 0.15) is 32.3 Å². The maximum atomic E-state index is 12.8. The molecule has 1 aliphatic rings. The Labute approximate surface area is 119 Å². The van der Waals surface area contributed by atoms with Gasteiger partial charge in [0.1, 0.15) is 0 Å². The van der Waals surface area contributed by atoms with Crippen LogP contribution in [0.15, 0.2) is 24.3 Å². The molecule has 1 amide bonds. The summed E-state index contributed by atoms with van der Waals surface area (Å²) < 4.78 is 0. The normalized spacial score (nSPS) is 17.5. The number of amides is 1. The van der Waals surface area contributed by atoms with Crippen LogP contribution in [0.4, 0.5) is 5.69 Å². The highest BCUT2D eigenvalue weighted by molar-refractivity contribution is 7.80. The van der Waals surface area contributed by atoms with Crippen molar-refractivity contribution in [1.29, 1.82) is 0 Å². The summed E-state index contributed by atoms with van der Waals surface area (Å²) in [6.07, 6.45) is 2.63. The van der Waals surface area contributed by atoms with Gasteiger partial charge in [-0.05, 0) is 37.8 Å². The maximum absolute atomic E-state index is 12.8. The van der Waals surface area contributed by atoms with Gasteiger partial charge in [0.05, 0.1) is 10.4 Å². The average Bonchev–Trinajstić information content (AvgIpc) is 2.44. The van der Waals surface area contributed by atoms with Crippen molar-refractivity contribution in [3.05, 3.63) is 29.8 Å². The number of fused-ring (bicyclic) bond motifs is 1. The molecule has 1 heterocycles. The number of carbonyl (C=O) groups is 1. The summed E-state index contributed by atoms with van der Waals surface area (Å²) in [5.41, 5.74) is 7.28. The van der Waals surface area contributed by atoms with E-state index in [1.54, 1.807) is 0 Å². The number of carbonyl (C=O) groups excluding carboxylic acids is 1. The van der Waals surface area contributed by atoms with Crippen LogP contribution >= 0.6 is 12.2 Å². The molecule has 0 aromatic heterocycles. The summed E-state index contributed by atoms with van der Waals surface area (Å²) in [7, 11) is 0. The van der Waals surface area contributed by atoms with E-state index < -0.39 is 5.41 Å². The van der Waals surface area contributed by atoms with Gasteiger partial charge in [0.15, 0.2) is 0 Å². The summed E-state index contributed by atoms with van der Waals surface area (Å²) in [6.45, 7) is 4.54. The lowest BCUT2D eigenvalue weighted by molar-refractivity contribution is -0.124. The molecule has 1 aromatic carbocycles. The molecule has 0 saturated carbocycles. The predicted octanol–water partition coefficient (Wildman–Crippen LogP) is 2.67. The number of rotatable bonds is 3. The molecule has 2 N–H and O–H groups in total. The zero-order valence-corrected chi connectivity index (χ0v) is 12.3. The van der Waals surface area contributed by atoms with Gasteiger partial charge in [0.25, 0.3) is 0 Å². The van der Waals surface area contributed by atoms with Gasteiger partial charge < -0.3 is 10.6 Å². The van der Waals surface area contributed by atoms with Crippen LogP contribution in [0.2, 0.25) is 0 Å². The number of aryl methyl sites for hydroxylation is 1. The van der Waals surface area contributed by atoms with Crippen LogP contribution in [0.3, 0.4) is 0 Å². The highest BCUT2D eigenvalue weighted by atomic mass is 32.1. The highest BCUT2D eigenvalue weighted by Crippen LogP contribution is 2.32. The van der Waals surface area contributed by atoms with Gasteiger partial charge in [0.2, 0.25) is 5.91 Å². The number of hydrogen-bond acceptors (Lipinski definition) is 2. The van der Waals surface area contributed by atoms with Crippen molar-refractivity contribution in [3.63, 3.8) is 0 Å². The molecule has 3 nitrogen and oxygen atoms in total. The number of thiocarbonyl (C=S) groups is 1. The second-order valence-corrected chi connectivity index (χ2v) is 5.68. The Morgan fingerprint density at radius 2 is 2.16 bits per heavy atom. The Kier molecular flexibility index (Phi) is 3.90. The average molecular weight is 276 g/mol. The number of nitrogens with two attached hydrogens (primary N) is 1. The van der Waals surface area contributed by atoms with E-state index >= 15 is 0 Å². The van der Waals surface area contributed by atoms with Gasteiger partial charge in [-0.3, -0.25) is 4.79 Å². The van der Waals surface area contributed by atoms with Gasteiger partial charge in [0, 0.05) is 12.2 Å². The number of hydrogen-bond donors (Lipinski definition) is 1. The lowest BCUT2D eigenvalue weighted by Gasteiger charge is -2.36.